The molecule has 0 spiro atoms. The van der Waals surface area contributed by atoms with Gasteiger partial charge in [-0.25, -0.2) is 4.79 Å². The molecule has 2 unspecified atom stereocenters. The Morgan fingerprint density at radius 2 is 1.72 bits per heavy atom. The number of amides is 2. The van der Waals surface area contributed by atoms with E-state index in [0.717, 1.165) is 19.4 Å². The molecular formula is C24H29N3O2. The van der Waals surface area contributed by atoms with Gasteiger partial charge in [-0.3, -0.25) is 9.69 Å². The summed E-state index contributed by atoms with van der Waals surface area (Å²) in [6, 6.07) is 18.8. The van der Waals surface area contributed by atoms with Crippen molar-refractivity contribution in [3.8, 4) is 0 Å². The van der Waals surface area contributed by atoms with Crippen molar-refractivity contribution in [1.29, 1.82) is 0 Å². The molecule has 2 heterocycles. The molecule has 2 aliphatic heterocycles. The molecule has 2 aliphatic rings. The van der Waals surface area contributed by atoms with Crippen LogP contribution in [0.2, 0.25) is 0 Å². The summed E-state index contributed by atoms with van der Waals surface area (Å²) in [6.07, 6.45) is 5.65. The van der Waals surface area contributed by atoms with Crippen LogP contribution in [0.1, 0.15) is 54.9 Å². The minimum absolute atomic E-state index is 0.00679. The second-order valence-electron chi connectivity index (χ2n) is 8.30. The maximum Gasteiger partial charge on any atom is 0.319 e. The van der Waals surface area contributed by atoms with E-state index < -0.39 is 0 Å². The smallest absolute Gasteiger partial charge is 0.319 e. The van der Waals surface area contributed by atoms with Crippen LogP contribution in [0.25, 0.3) is 0 Å². The van der Waals surface area contributed by atoms with Gasteiger partial charge in [-0.05, 0) is 50.3 Å². The van der Waals surface area contributed by atoms with Gasteiger partial charge in [0, 0.05) is 35.9 Å². The fourth-order valence-corrected chi connectivity index (χ4v) is 4.82. The lowest BCUT2D eigenvalue weighted by molar-refractivity contribution is 0.0200. The van der Waals surface area contributed by atoms with E-state index in [2.05, 4.69) is 45.9 Å². The highest BCUT2D eigenvalue weighted by molar-refractivity contribution is 5.96. The number of hydrogen-bond acceptors (Lipinski definition) is 3. The second kappa shape index (κ2) is 8.78. The summed E-state index contributed by atoms with van der Waals surface area (Å²) in [4.78, 5) is 26.7. The third kappa shape index (κ3) is 4.85. The number of nitrogens with one attached hydrogen (secondary N) is 2. The van der Waals surface area contributed by atoms with Crippen LogP contribution in [0.4, 0.5) is 10.5 Å². The number of benzene rings is 2. The Bertz CT molecular complexity index is 853. The van der Waals surface area contributed by atoms with Gasteiger partial charge in [0.15, 0.2) is 5.78 Å². The molecule has 0 aromatic heterocycles. The summed E-state index contributed by atoms with van der Waals surface area (Å²) >= 11 is 0. The minimum Gasteiger partial charge on any atom is -0.335 e. The van der Waals surface area contributed by atoms with Crippen LogP contribution in [0.3, 0.4) is 0 Å². The summed E-state index contributed by atoms with van der Waals surface area (Å²) in [5.41, 5.74) is 2.61. The third-order valence-electron chi connectivity index (χ3n) is 6.20. The van der Waals surface area contributed by atoms with Gasteiger partial charge >= 0.3 is 6.03 Å². The summed E-state index contributed by atoms with van der Waals surface area (Å²) in [5, 5.41) is 6.05. The number of piperidine rings is 2. The summed E-state index contributed by atoms with van der Waals surface area (Å²) in [6.45, 7) is 2.52. The maximum absolute atomic E-state index is 12.5. The standard InChI is InChI=1S/C24H29N3O2/c1-17(28)19-9-5-10-20(13-19)25-24(29)26-21-14-22-11-6-12-23(15-21)27(22)16-18-7-3-2-4-8-18/h2-5,7-10,13,21-23H,6,11-12,14-16H2,1H3,(H2,25,26,29). The average molecular weight is 392 g/mol. The van der Waals surface area contributed by atoms with E-state index in [-0.39, 0.29) is 17.9 Å². The Kier molecular flexibility index (Phi) is 5.95. The van der Waals surface area contributed by atoms with Crippen LogP contribution in [0.15, 0.2) is 54.6 Å². The first-order chi connectivity index (χ1) is 14.1. The zero-order valence-corrected chi connectivity index (χ0v) is 16.9. The molecular weight excluding hydrogens is 362 g/mol. The number of urea groups is 1. The van der Waals surface area contributed by atoms with Crippen LogP contribution in [0.5, 0.6) is 0 Å². The van der Waals surface area contributed by atoms with Gasteiger partial charge in [0.2, 0.25) is 0 Å². The number of rotatable bonds is 5. The Morgan fingerprint density at radius 1 is 1.00 bits per heavy atom. The fourth-order valence-electron chi connectivity index (χ4n) is 4.82. The Hall–Kier alpha value is -2.66. The van der Waals surface area contributed by atoms with Crippen molar-refractivity contribution in [1.82, 2.24) is 10.2 Å². The first-order valence-corrected chi connectivity index (χ1v) is 10.6. The first kappa shape index (κ1) is 19.6. The molecule has 2 atom stereocenters. The Morgan fingerprint density at radius 3 is 2.41 bits per heavy atom. The van der Waals surface area contributed by atoms with E-state index in [1.807, 2.05) is 6.07 Å². The van der Waals surface area contributed by atoms with Gasteiger partial charge in [-0.1, -0.05) is 48.9 Å². The zero-order chi connectivity index (χ0) is 20.2. The molecule has 5 nitrogen and oxygen atoms in total. The lowest BCUT2D eigenvalue weighted by Crippen LogP contribution is -2.56. The van der Waals surface area contributed by atoms with Crippen LogP contribution in [0, 0.1) is 0 Å². The predicted octanol–water partition coefficient (Wildman–Crippen LogP) is 4.60. The quantitative estimate of drug-likeness (QED) is 0.733. The molecule has 29 heavy (non-hydrogen) atoms. The zero-order valence-electron chi connectivity index (χ0n) is 16.9. The number of anilines is 1. The van der Waals surface area contributed by atoms with Gasteiger partial charge in [0.05, 0.1) is 0 Å². The van der Waals surface area contributed by atoms with E-state index >= 15 is 0 Å². The third-order valence-corrected chi connectivity index (χ3v) is 6.20. The van der Waals surface area contributed by atoms with E-state index in [9.17, 15) is 9.59 Å². The summed E-state index contributed by atoms with van der Waals surface area (Å²) < 4.78 is 0. The molecule has 2 amide bonds. The van der Waals surface area contributed by atoms with Gasteiger partial charge in [-0.2, -0.15) is 0 Å². The second-order valence-corrected chi connectivity index (χ2v) is 8.30. The number of carbonyl (C=O) groups is 2. The molecule has 2 aromatic carbocycles. The van der Waals surface area contributed by atoms with Crippen LogP contribution < -0.4 is 10.6 Å². The summed E-state index contributed by atoms with van der Waals surface area (Å²) in [7, 11) is 0. The number of fused-ring (bicyclic) bond motifs is 2. The molecule has 5 heteroatoms. The van der Waals surface area contributed by atoms with E-state index in [0.29, 0.717) is 23.3 Å². The normalized spacial score (nSPS) is 24.0. The Labute approximate surface area is 172 Å². The largest absolute Gasteiger partial charge is 0.335 e. The minimum atomic E-state index is -0.190. The number of ketones is 1. The van der Waals surface area contributed by atoms with Gasteiger partial charge in [-0.15, -0.1) is 0 Å². The van der Waals surface area contributed by atoms with Crippen molar-refractivity contribution >= 4 is 17.5 Å². The molecule has 2 fully saturated rings. The molecule has 152 valence electrons. The number of carbonyl (C=O) groups excluding carboxylic acids is 2. The van der Waals surface area contributed by atoms with E-state index in [4.69, 9.17) is 0 Å². The van der Waals surface area contributed by atoms with Crippen LogP contribution >= 0.6 is 0 Å². The SMILES string of the molecule is CC(=O)c1cccc(NC(=O)NC2CC3CCCC(C2)N3Cc2ccccc2)c1. The monoisotopic (exact) mass is 391 g/mol. The average Bonchev–Trinajstić information content (AvgIpc) is 2.69. The van der Waals surface area contributed by atoms with Gasteiger partial charge in [0.1, 0.15) is 0 Å². The van der Waals surface area contributed by atoms with Crippen molar-refractivity contribution in [3.05, 3.63) is 65.7 Å². The van der Waals surface area contributed by atoms with Gasteiger partial charge < -0.3 is 10.6 Å². The van der Waals surface area contributed by atoms with Crippen molar-refractivity contribution in [2.24, 2.45) is 0 Å². The van der Waals surface area contributed by atoms with Crippen molar-refractivity contribution in [3.63, 3.8) is 0 Å². The van der Waals surface area contributed by atoms with E-state index in [1.165, 1.54) is 31.7 Å². The number of hydrogen-bond donors (Lipinski definition) is 2. The van der Waals surface area contributed by atoms with E-state index in [1.54, 1.807) is 18.2 Å². The van der Waals surface area contributed by atoms with Crippen LogP contribution in [-0.4, -0.2) is 34.8 Å². The molecule has 2 aromatic rings. The van der Waals surface area contributed by atoms with Crippen molar-refractivity contribution in [2.45, 2.75) is 63.7 Å². The highest BCUT2D eigenvalue weighted by Gasteiger charge is 2.38. The highest BCUT2D eigenvalue weighted by Crippen LogP contribution is 2.35. The molecule has 2 bridgehead atoms. The van der Waals surface area contributed by atoms with Crippen molar-refractivity contribution < 1.29 is 9.59 Å². The lowest BCUT2D eigenvalue weighted by atomic mass is 9.81. The lowest BCUT2D eigenvalue weighted by Gasteiger charge is -2.49. The molecule has 4 rings (SSSR count). The topological polar surface area (TPSA) is 61.4 Å². The highest BCUT2D eigenvalue weighted by atomic mass is 16.2. The molecule has 0 aliphatic carbocycles. The maximum atomic E-state index is 12.5. The molecule has 2 N–H and O–H groups in total. The number of nitrogens with zero attached hydrogens (tertiary/aromatic N) is 1. The van der Waals surface area contributed by atoms with Gasteiger partial charge in [0.25, 0.3) is 0 Å². The first-order valence-electron chi connectivity index (χ1n) is 10.6. The Balaban J connectivity index is 1.35. The van der Waals surface area contributed by atoms with Crippen molar-refractivity contribution in [2.75, 3.05) is 5.32 Å². The molecule has 0 radical (unpaired) electrons. The number of Topliss-reactive ketones (excluding diaryl/α,β-unsaturated/α-hetero) is 1. The van der Waals surface area contributed by atoms with Crippen LogP contribution in [-0.2, 0) is 6.54 Å². The predicted molar refractivity (Wildman–Crippen MR) is 115 cm³/mol. The summed E-state index contributed by atoms with van der Waals surface area (Å²) in [5.74, 6) is -0.00679. The molecule has 0 saturated carbocycles. The fraction of sp³-hybridized carbons (Fsp3) is 0.417. The molecule has 2 saturated heterocycles.